The van der Waals surface area contributed by atoms with Crippen molar-refractivity contribution in [3.63, 3.8) is 0 Å². The minimum Gasteiger partial charge on any atom is -0.492 e. The first-order chi connectivity index (χ1) is 13.6. The van der Waals surface area contributed by atoms with Crippen LogP contribution < -0.4 is 15.2 Å². The van der Waals surface area contributed by atoms with E-state index in [2.05, 4.69) is 4.98 Å². The highest BCUT2D eigenvalue weighted by Gasteiger charge is 2.21. The van der Waals surface area contributed by atoms with Crippen molar-refractivity contribution >= 4 is 11.7 Å². The molecule has 0 saturated heterocycles. The number of ketones is 1. The molecule has 1 atom stereocenters. The summed E-state index contributed by atoms with van der Waals surface area (Å²) >= 11 is 0. The van der Waals surface area contributed by atoms with Gasteiger partial charge in [0, 0.05) is 36.0 Å². The number of rotatable bonds is 5. The van der Waals surface area contributed by atoms with Crippen LogP contribution in [-0.4, -0.2) is 23.3 Å². The van der Waals surface area contributed by atoms with Crippen LogP contribution >= 0.6 is 0 Å². The number of ether oxygens (including phenoxy) is 2. The molecule has 2 N–H and O–H groups in total. The van der Waals surface area contributed by atoms with Gasteiger partial charge >= 0.3 is 0 Å². The molecule has 3 aromatic rings. The molecule has 2 aromatic carbocycles. The molecule has 0 aliphatic carbocycles. The van der Waals surface area contributed by atoms with E-state index in [0.717, 1.165) is 11.1 Å². The molecule has 6 heteroatoms. The summed E-state index contributed by atoms with van der Waals surface area (Å²) in [5.41, 5.74) is 8.02. The molecule has 1 aliphatic heterocycles. The lowest BCUT2D eigenvalue weighted by atomic mass is 10.0. The van der Waals surface area contributed by atoms with E-state index < -0.39 is 12.0 Å². The van der Waals surface area contributed by atoms with Crippen LogP contribution in [0.25, 0.3) is 0 Å². The van der Waals surface area contributed by atoms with E-state index in [-0.39, 0.29) is 5.78 Å². The Kier molecular flexibility index (Phi) is 4.76. The first kappa shape index (κ1) is 17.7. The number of benzene rings is 2. The lowest BCUT2D eigenvalue weighted by Crippen LogP contribution is -2.16. The molecule has 1 aliphatic rings. The molecule has 2 heterocycles. The zero-order valence-electron chi connectivity index (χ0n) is 15.0. The van der Waals surface area contributed by atoms with E-state index >= 15 is 0 Å². The molecule has 140 valence electrons. The van der Waals surface area contributed by atoms with E-state index in [4.69, 9.17) is 15.2 Å². The second kappa shape index (κ2) is 7.52. The molecule has 0 radical (unpaired) electrons. The Morgan fingerprint density at radius 3 is 2.64 bits per heavy atom. The first-order valence-electron chi connectivity index (χ1n) is 8.88. The van der Waals surface area contributed by atoms with Gasteiger partial charge in [-0.3, -0.25) is 14.6 Å². The Morgan fingerprint density at radius 1 is 1.11 bits per heavy atom. The molecular weight excluding hydrogens is 356 g/mol. The van der Waals surface area contributed by atoms with E-state index in [9.17, 15) is 9.59 Å². The lowest BCUT2D eigenvalue weighted by Gasteiger charge is -2.22. The van der Waals surface area contributed by atoms with Crippen molar-refractivity contribution < 1.29 is 19.1 Å². The molecule has 1 aromatic heterocycles. The summed E-state index contributed by atoms with van der Waals surface area (Å²) in [6.45, 7) is 0.371. The van der Waals surface area contributed by atoms with Crippen molar-refractivity contribution in [1.82, 2.24) is 4.98 Å². The summed E-state index contributed by atoms with van der Waals surface area (Å²) in [6, 6.07) is 15.9. The second-order valence-electron chi connectivity index (χ2n) is 6.45. The third kappa shape index (κ3) is 3.57. The summed E-state index contributed by atoms with van der Waals surface area (Å²) < 4.78 is 11.8. The van der Waals surface area contributed by atoms with Crippen molar-refractivity contribution in [2.24, 2.45) is 5.73 Å². The maximum Gasteiger partial charge on any atom is 0.248 e. The van der Waals surface area contributed by atoms with Gasteiger partial charge < -0.3 is 15.2 Å². The third-order valence-corrected chi connectivity index (χ3v) is 4.58. The van der Waals surface area contributed by atoms with Gasteiger partial charge in [-0.1, -0.05) is 18.2 Å². The topological polar surface area (TPSA) is 91.5 Å². The number of primary amides is 1. The summed E-state index contributed by atoms with van der Waals surface area (Å²) in [7, 11) is 0. The van der Waals surface area contributed by atoms with Crippen LogP contribution in [0.4, 0.5) is 0 Å². The molecule has 1 amide bonds. The first-order valence-corrected chi connectivity index (χ1v) is 8.88. The van der Waals surface area contributed by atoms with Crippen LogP contribution in [0.5, 0.6) is 11.5 Å². The average molecular weight is 374 g/mol. The highest BCUT2D eigenvalue weighted by atomic mass is 16.5. The summed E-state index contributed by atoms with van der Waals surface area (Å²) in [5.74, 6) is 0.685. The van der Waals surface area contributed by atoms with Crippen LogP contribution in [0.3, 0.4) is 0 Å². The lowest BCUT2D eigenvalue weighted by molar-refractivity contribution is 0.0932. The monoisotopic (exact) mass is 374 g/mol. The van der Waals surface area contributed by atoms with Crippen molar-refractivity contribution in [1.29, 1.82) is 0 Å². The Balaban J connectivity index is 1.68. The smallest absolute Gasteiger partial charge is 0.248 e. The second-order valence-corrected chi connectivity index (χ2v) is 6.45. The number of aromatic nitrogens is 1. The highest BCUT2D eigenvalue weighted by molar-refractivity contribution is 5.99. The predicted octanol–water partition coefficient (Wildman–Crippen LogP) is 3.31. The normalized spacial score (nSPS) is 13.9. The fraction of sp³-hybridized carbons (Fsp3) is 0.136. The summed E-state index contributed by atoms with van der Waals surface area (Å²) in [6.07, 6.45) is 3.35. The number of carbonyl (C=O) groups is 2. The maximum atomic E-state index is 12.0. The molecule has 6 nitrogen and oxygen atoms in total. The van der Waals surface area contributed by atoms with Gasteiger partial charge in [0.05, 0.1) is 12.2 Å². The molecule has 0 saturated carbocycles. The number of amides is 1. The number of fused-ring (bicyclic) bond motifs is 1. The van der Waals surface area contributed by atoms with Crippen molar-refractivity contribution in [2.45, 2.75) is 12.5 Å². The maximum absolute atomic E-state index is 12.0. The molecule has 0 spiro atoms. The van der Waals surface area contributed by atoms with Crippen LogP contribution in [0.1, 0.15) is 44.4 Å². The minimum absolute atomic E-state index is 0.0682. The number of hydrogen-bond acceptors (Lipinski definition) is 5. The van der Waals surface area contributed by atoms with Gasteiger partial charge in [-0.2, -0.15) is 0 Å². The Bertz CT molecular complexity index is 1020. The average Bonchev–Trinajstić information content (AvgIpc) is 2.73. The fourth-order valence-electron chi connectivity index (χ4n) is 3.13. The van der Waals surface area contributed by atoms with Gasteiger partial charge in [0.25, 0.3) is 0 Å². The van der Waals surface area contributed by atoms with Gasteiger partial charge in [-0.05, 0) is 35.9 Å². The largest absolute Gasteiger partial charge is 0.492 e. The zero-order valence-corrected chi connectivity index (χ0v) is 15.0. The number of nitrogens with zero attached hydrogens (tertiary/aromatic N) is 1. The molecule has 0 bridgehead atoms. The zero-order chi connectivity index (χ0) is 19.5. The summed E-state index contributed by atoms with van der Waals surface area (Å²) in [4.78, 5) is 27.5. The van der Waals surface area contributed by atoms with Gasteiger partial charge in [0.1, 0.15) is 11.5 Å². The number of Topliss-reactive ketones (excluding diaryl/α,β-unsaturated/α-hetero) is 1. The van der Waals surface area contributed by atoms with Crippen molar-refractivity contribution in [3.05, 3.63) is 89.2 Å². The summed E-state index contributed by atoms with van der Waals surface area (Å²) in [5, 5.41) is 0. The van der Waals surface area contributed by atoms with Crippen LogP contribution in [0.15, 0.2) is 67.0 Å². The van der Waals surface area contributed by atoms with Gasteiger partial charge in [0.15, 0.2) is 11.9 Å². The van der Waals surface area contributed by atoms with Gasteiger partial charge in [0.2, 0.25) is 5.91 Å². The van der Waals surface area contributed by atoms with Crippen molar-refractivity contribution in [2.75, 3.05) is 6.61 Å². The quantitative estimate of drug-likeness (QED) is 0.740. The highest BCUT2D eigenvalue weighted by Crippen LogP contribution is 2.33. The van der Waals surface area contributed by atoms with E-state index in [1.54, 1.807) is 54.9 Å². The molecular formula is C22H18N2O4. The SMILES string of the molecule is NC(=O)c1ccc(C(Oc2ccc3c(c2)OCCC3=O)c2cccnc2)cc1. The molecule has 4 rings (SSSR count). The van der Waals surface area contributed by atoms with E-state index in [1.807, 2.05) is 12.1 Å². The standard InChI is InChI=1S/C22H18N2O4/c23-22(26)15-5-3-14(4-6-15)21(16-2-1-10-24-13-16)28-17-7-8-18-19(25)9-11-27-20(18)12-17/h1-8,10,12-13,21H,9,11H2,(H2,23,26). The Labute approximate surface area is 161 Å². The van der Waals surface area contributed by atoms with E-state index in [0.29, 0.717) is 35.7 Å². The van der Waals surface area contributed by atoms with Gasteiger partial charge in [-0.15, -0.1) is 0 Å². The van der Waals surface area contributed by atoms with E-state index in [1.165, 1.54) is 0 Å². The van der Waals surface area contributed by atoms with Gasteiger partial charge in [-0.25, -0.2) is 0 Å². The Morgan fingerprint density at radius 2 is 1.93 bits per heavy atom. The molecule has 0 fully saturated rings. The number of nitrogens with two attached hydrogens (primary N) is 1. The fourth-order valence-corrected chi connectivity index (χ4v) is 3.13. The van der Waals surface area contributed by atoms with Crippen LogP contribution in [-0.2, 0) is 0 Å². The third-order valence-electron chi connectivity index (χ3n) is 4.58. The van der Waals surface area contributed by atoms with Crippen molar-refractivity contribution in [3.8, 4) is 11.5 Å². The molecule has 28 heavy (non-hydrogen) atoms. The Hall–Kier alpha value is -3.67. The number of carbonyl (C=O) groups excluding carboxylic acids is 2. The van der Waals surface area contributed by atoms with Crippen LogP contribution in [0, 0.1) is 0 Å². The van der Waals surface area contributed by atoms with Crippen LogP contribution in [0.2, 0.25) is 0 Å². The molecule has 1 unspecified atom stereocenters. The number of hydrogen-bond donors (Lipinski definition) is 1. The predicted molar refractivity (Wildman–Crippen MR) is 103 cm³/mol. The number of pyridine rings is 1. The minimum atomic E-state index is -0.484.